The number of halogens is 1. The van der Waals surface area contributed by atoms with E-state index in [-0.39, 0.29) is 24.0 Å². The predicted octanol–water partition coefficient (Wildman–Crippen LogP) is 2.58. The molecule has 160 valence electrons. The first-order chi connectivity index (χ1) is 13.0. The van der Waals surface area contributed by atoms with Crippen LogP contribution in [0.3, 0.4) is 0 Å². The molecule has 1 atom stereocenters. The summed E-state index contributed by atoms with van der Waals surface area (Å²) in [6.45, 7) is 11.4. The summed E-state index contributed by atoms with van der Waals surface area (Å²) in [4.78, 5) is 9.26. The highest BCUT2D eigenvalue weighted by Gasteiger charge is 2.16. The SMILES string of the molecule is CCOc1cc(NC(=NC)NCC(C)CN2CCN(C)CC2)ccc1OC.I. The molecule has 7 nitrogen and oxygen atoms in total. The summed E-state index contributed by atoms with van der Waals surface area (Å²) in [7, 11) is 5.62. The number of likely N-dealkylation sites (N-methyl/N-ethyl adjacent to an activating group) is 1. The molecule has 0 radical (unpaired) electrons. The average molecular weight is 505 g/mol. The second-order valence-electron chi connectivity index (χ2n) is 7.09. The van der Waals surface area contributed by atoms with Gasteiger partial charge in [0.1, 0.15) is 0 Å². The van der Waals surface area contributed by atoms with Gasteiger partial charge in [-0.3, -0.25) is 4.99 Å². The molecule has 1 heterocycles. The molecule has 1 aliphatic rings. The lowest BCUT2D eigenvalue weighted by molar-refractivity contribution is 0.139. The summed E-state index contributed by atoms with van der Waals surface area (Å²) in [6, 6.07) is 5.79. The first-order valence-corrected chi connectivity index (χ1v) is 9.75. The van der Waals surface area contributed by atoms with Gasteiger partial charge >= 0.3 is 0 Å². The van der Waals surface area contributed by atoms with E-state index in [2.05, 4.69) is 39.4 Å². The number of anilines is 1. The van der Waals surface area contributed by atoms with Crippen molar-refractivity contribution < 1.29 is 9.47 Å². The monoisotopic (exact) mass is 505 g/mol. The van der Waals surface area contributed by atoms with Crippen LogP contribution in [0.1, 0.15) is 13.8 Å². The van der Waals surface area contributed by atoms with Crippen molar-refractivity contribution in [1.29, 1.82) is 0 Å². The second-order valence-corrected chi connectivity index (χ2v) is 7.09. The molecule has 0 amide bonds. The van der Waals surface area contributed by atoms with Crippen LogP contribution < -0.4 is 20.1 Å². The van der Waals surface area contributed by atoms with Crippen molar-refractivity contribution in [2.45, 2.75) is 13.8 Å². The van der Waals surface area contributed by atoms with Gasteiger partial charge in [0.05, 0.1) is 13.7 Å². The number of ether oxygens (including phenoxy) is 2. The summed E-state index contributed by atoms with van der Waals surface area (Å²) < 4.78 is 11.0. The number of hydrogen-bond acceptors (Lipinski definition) is 5. The van der Waals surface area contributed by atoms with Gasteiger partial charge in [-0.05, 0) is 32.0 Å². The number of piperazine rings is 1. The van der Waals surface area contributed by atoms with E-state index >= 15 is 0 Å². The molecule has 0 saturated carbocycles. The molecule has 1 aromatic rings. The lowest BCUT2D eigenvalue weighted by atomic mass is 10.1. The quantitative estimate of drug-likeness (QED) is 0.322. The van der Waals surface area contributed by atoms with Gasteiger partial charge in [-0.2, -0.15) is 0 Å². The van der Waals surface area contributed by atoms with Crippen LogP contribution in [-0.4, -0.2) is 82.8 Å². The first kappa shape index (κ1) is 24.8. The third-order valence-corrected chi connectivity index (χ3v) is 4.73. The number of methoxy groups -OCH3 is 1. The standard InChI is InChI=1S/C20H35N5O2.HI/c1-6-27-19-13-17(7-8-18(19)26-5)23-20(21-3)22-14-16(2)15-25-11-9-24(4)10-12-25;/h7-8,13,16H,6,9-12,14-15H2,1-5H3,(H2,21,22,23);1H. The Hall–Kier alpha value is -1.26. The molecule has 2 rings (SSSR count). The lowest BCUT2D eigenvalue weighted by Crippen LogP contribution is -2.47. The fourth-order valence-corrected chi connectivity index (χ4v) is 3.15. The Morgan fingerprint density at radius 3 is 2.54 bits per heavy atom. The smallest absolute Gasteiger partial charge is 0.195 e. The highest BCUT2D eigenvalue weighted by Crippen LogP contribution is 2.30. The molecule has 0 aromatic heterocycles. The fourth-order valence-electron chi connectivity index (χ4n) is 3.15. The van der Waals surface area contributed by atoms with Gasteiger partial charge in [-0.1, -0.05) is 6.92 Å². The summed E-state index contributed by atoms with van der Waals surface area (Å²) in [5, 5.41) is 6.75. The number of rotatable bonds is 8. The molecule has 0 aliphatic carbocycles. The minimum atomic E-state index is 0. The second kappa shape index (κ2) is 13.1. The van der Waals surface area contributed by atoms with Gasteiger partial charge in [-0.25, -0.2) is 0 Å². The van der Waals surface area contributed by atoms with E-state index in [4.69, 9.17) is 9.47 Å². The van der Waals surface area contributed by atoms with Crippen molar-refractivity contribution in [2.24, 2.45) is 10.9 Å². The molecule has 1 aromatic carbocycles. The fraction of sp³-hybridized carbons (Fsp3) is 0.650. The topological polar surface area (TPSA) is 61.4 Å². The maximum atomic E-state index is 5.64. The largest absolute Gasteiger partial charge is 0.493 e. The van der Waals surface area contributed by atoms with Crippen molar-refractivity contribution in [1.82, 2.24) is 15.1 Å². The molecule has 1 unspecified atom stereocenters. The van der Waals surface area contributed by atoms with E-state index in [0.29, 0.717) is 12.5 Å². The van der Waals surface area contributed by atoms with Gasteiger partial charge in [0.15, 0.2) is 17.5 Å². The van der Waals surface area contributed by atoms with E-state index in [1.807, 2.05) is 25.1 Å². The van der Waals surface area contributed by atoms with Crippen LogP contribution >= 0.6 is 24.0 Å². The van der Waals surface area contributed by atoms with Crippen molar-refractivity contribution in [2.75, 3.05) is 72.4 Å². The zero-order chi connectivity index (χ0) is 19.6. The van der Waals surface area contributed by atoms with Gasteiger partial charge < -0.3 is 29.9 Å². The van der Waals surface area contributed by atoms with Crippen LogP contribution in [0.2, 0.25) is 0 Å². The summed E-state index contributed by atoms with van der Waals surface area (Å²) in [5.74, 6) is 2.75. The Morgan fingerprint density at radius 1 is 1.21 bits per heavy atom. The van der Waals surface area contributed by atoms with Crippen LogP contribution in [0.5, 0.6) is 11.5 Å². The average Bonchev–Trinajstić information content (AvgIpc) is 2.67. The predicted molar refractivity (Wildman–Crippen MR) is 128 cm³/mol. The van der Waals surface area contributed by atoms with Crippen LogP contribution in [0.4, 0.5) is 5.69 Å². The maximum Gasteiger partial charge on any atom is 0.195 e. The summed E-state index contributed by atoms with van der Waals surface area (Å²) in [6.07, 6.45) is 0. The Morgan fingerprint density at radius 2 is 1.93 bits per heavy atom. The summed E-state index contributed by atoms with van der Waals surface area (Å²) >= 11 is 0. The normalized spacial score (nSPS) is 16.8. The van der Waals surface area contributed by atoms with Gasteiger partial charge in [0.2, 0.25) is 0 Å². The third kappa shape index (κ3) is 8.00. The maximum absolute atomic E-state index is 5.64. The molecular formula is C20H36IN5O2. The Bertz CT molecular complexity index is 606. The minimum absolute atomic E-state index is 0. The van der Waals surface area contributed by atoms with Crippen molar-refractivity contribution in [3.8, 4) is 11.5 Å². The molecule has 0 bridgehead atoms. The zero-order valence-corrected chi connectivity index (χ0v) is 20.2. The van der Waals surface area contributed by atoms with Crippen LogP contribution in [0.25, 0.3) is 0 Å². The highest BCUT2D eigenvalue weighted by molar-refractivity contribution is 14.0. The van der Waals surface area contributed by atoms with Gasteiger partial charge in [0.25, 0.3) is 0 Å². The molecule has 0 spiro atoms. The van der Waals surface area contributed by atoms with E-state index in [1.54, 1.807) is 14.2 Å². The van der Waals surface area contributed by atoms with Crippen molar-refractivity contribution in [3.63, 3.8) is 0 Å². The van der Waals surface area contributed by atoms with Crippen LogP contribution in [-0.2, 0) is 0 Å². The third-order valence-electron chi connectivity index (χ3n) is 4.73. The number of guanidine groups is 1. The number of nitrogens with zero attached hydrogens (tertiary/aromatic N) is 3. The van der Waals surface area contributed by atoms with E-state index in [9.17, 15) is 0 Å². The molecular weight excluding hydrogens is 469 g/mol. The van der Waals surface area contributed by atoms with Crippen LogP contribution in [0.15, 0.2) is 23.2 Å². The van der Waals surface area contributed by atoms with Gasteiger partial charge in [0, 0.05) is 58.1 Å². The Labute approximate surface area is 186 Å². The van der Waals surface area contributed by atoms with E-state index < -0.39 is 0 Å². The molecule has 1 saturated heterocycles. The molecule has 1 fully saturated rings. The highest BCUT2D eigenvalue weighted by atomic mass is 127. The lowest BCUT2D eigenvalue weighted by Gasteiger charge is -2.34. The number of nitrogens with one attached hydrogen (secondary N) is 2. The number of aliphatic imine (C=N–C) groups is 1. The minimum Gasteiger partial charge on any atom is -0.493 e. The van der Waals surface area contributed by atoms with Crippen LogP contribution in [0, 0.1) is 5.92 Å². The zero-order valence-electron chi connectivity index (χ0n) is 17.8. The number of benzene rings is 1. The molecule has 1 aliphatic heterocycles. The van der Waals surface area contributed by atoms with Crippen molar-refractivity contribution in [3.05, 3.63) is 18.2 Å². The number of hydrogen-bond donors (Lipinski definition) is 2. The molecule has 8 heteroatoms. The first-order valence-electron chi connectivity index (χ1n) is 9.75. The van der Waals surface area contributed by atoms with E-state index in [1.165, 1.54) is 0 Å². The van der Waals surface area contributed by atoms with E-state index in [0.717, 1.165) is 62.4 Å². The summed E-state index contributed by atoms with van der Waals surface area (Å²) in [5.41, 5.74) is 0.916. The van der Waals surface area contributed by atoms with Gasteiger partial charge in [-0.15, -0.1) is 24.0 Å². The molecule has 2 N–H and O–H groups in total. The van der Waals surface area contributed by atoms with Crippen molar-refractivity contribution >= 4 is 35.6 Å². The Kier molecular flexibility index (Phi) is 11.6. The molecule has 28 heavy (non-hydrogen) atoms. The Balaban J connectivity index is 0.00000392.